The van der Waals surface area contributed by atoms with Crippen LogP contribution in [-0.2, 0) is 10.3 Å². The Labute approximate surface area is 126 Å². The summed E-state index contributed by atoms with van der Waals surface area (Å²) in [6, 6.07) is 7.18. The van der Waals surface area contributed by atoms with E-state index in [-0.39, 0.29) is 5.97 Å². The molecule has 1 aliphatic heterocycles. The van der Waals surface area contributed by atoms with Crippen molar-refractivity contribution < 1.29 is 14.6 Å². The molecule has 4 heteroatoms. The van der Waals surface area contributed by atoms with Crippen LogP contribution in [0.5, 0.6) is 0 Å². The minimum atomic E-state index is -0.766. The zero-order valence-electron chi connectivity index (χ0n) is 13.0. The number of aliphatic hydroxyl groups is 1. The van der Waals surface area contributed by atoms with Crippen LogP contribution < -0.4 is 0 Å². The molecule has 116 valence electrons. The third kappa shape index (κ3) is 3.83. The molecule has 1 N–H and O–H groups in total. The summed E-state index contributed by atoms with van der Waals surface area (Å²) >= 11 is 0. The number of hydrogen-bond acceptors (Lipinski definition) is 4. The molecule has 0 radical (unpaired) electrons. The van der Waals surface area contributed by atoms with E-state index in [0.29, 0.717) is 12.2 Å². The summed E-state index contributed by atoms with van der Waals surface area (Å²) in [5.74, 6) is -0.311. The topological polar surface area (TPSA) is 49.8 Å². The van der Waals surface area contributed by atoms with Gasteiger partial charge in [-0.05, 0) is 50.4 Å². The van der Waals surface area contributed by atoms with Crippen LogP contribution in [0, 0.1) is 0 Å². The van der Waals surface area contributed by atoms with Crippen molar-refractivity contribution in [3.05, 3.63) is 35.4 Å². The van der Waals surface area contributed by atoms with Gasteiger partial charge >= 0.3 is 5.97 Å². The third-order valence-electron chi connectivity index (χ3n) is 4.16. The molecule has 0 unspecified atom stereocenters. The first kappa shape index (κ1) is 16.0. The normalized spacial score (nSPS) is 18.4. The van der Waals surface area contributed by atoms with Crippen LogP contribution in [0.4, 0.5) is 0 Å². The average Bonchev–Trinajstić information content (AvgIpc) is 2.50. The Morgan fingerprint density at radius 2 is 1.86 bits per heavy atom. The maximum atomic E-state index is 11.6. The van der Waals surface area contributed by atoms with Gasteiger partial charge in [-0.3, -0.25) is 0 Å². The molecule has 0 atom stereocenters. The van der Waals surface area contributed by atoms with E-state index < -0.39 is 5.60 Å². The van der Waals surface area contributed by atoms with Gasteiger partial charge in [0, 0.05) is 13.1 Å². The zero-order valence-corrected chi connectivity index (χ0v) is 13.0. The molecule has 0 aromatic heterocycles. The van der Waals surface area contributed by atoms with Crippen molar-refractivity contribution >= 4 is 5.97 Å². The van der Waals surface area contributed by atoms with Gasteiger partial charge in [0.15, 0.2) is 0 Å². The zero-order chi connectivity index (χ0) is 15.3. The second-order valence-electron chi connectivity index (χ2n) is 5.67. The Balaban J connectivity index is 2.03. The van der Waals surface area contributed by atoms with Crippen molar-refractivity contribution in [3.8, 4) is 0 Å². The van der Waals surface area contributed by atoms with E-state index in [1.165, 1.54) is 0 Å². The Morgan fingerprint density at radius 1 is 1.24 bits per heavy atom. The third-order valence-corrected chi connectivity index (χ3v) is 4.16. The number of carbonyl (C=O) groups excluding carboxylic acids is 1. The van der Waals surface area contributed by atoms with E-state index in [1.54, 1.807) is 19.1 Å². The van der Waals surface area contributed by atoms with E-state index in [9.17, 15) is 9.90 Å². The van der Waals surface area contributed by atoms with Crippen LogP contribution >= 0.6 is 0 Å². The predicted octanol–water partition coefficient (Wildman–Crippen LogP) is 2.56. The maximum Gasteiger partial charge on any atom is 0.338 e. The molecule has 21 heavy (non-hydrogen) atoms. The maximum absolute atomic E-state index is 11.6. The fraction of sp³-hybridized carbons (Fsp3) is 0.588. The molecule has 2 rings (SSSR count). The second-order valence-corrected chi connectivity index (χ2v) is 5.67. The minimum Gasteiger partial charge on any atom is -0.462 e. The van der Waals surface area contributed by atoms with Gasteiger partial charge in [-0.2, -0.15) is 0 Å². The van der Waals surface area contributed by atoms with Crippen LogP contribution in [0.25, 0.3) is 0 Å². The molecular formula is C17H25NO3. The number of esters is 1. The van der Waals surface area contributed by atoms with Crippen LogP contribution in [0.15, 0.2) is 24.3 Å². The monoisotopic (exact) mass is 291 g/mol. The van der Waals surface area contributed by atoms with Crippen LogP contribution in [0.3, 0.4) is 0 Å². The van der Waals surface area contributed by atoms with Gasteiger partial charge in [0.1, 0.15) is 0 Å². The average molecular weight is 291 g/mol. The lowest BCUT2D eigenvalue weighted by Crippen LogP contribution is -2.42. The lowest BCUT2D eigenvalue weighted by atomic mass is 9.84. The molecule has 1 saturated heterocycles. The summed E-state index contributed by atoms with van der Waals surface area (Å²) in [7, 11) is 0. The van der Waals surface area contributed by atoms with E-state index in [2.05, 4.69) is 11.8 Å². The van der Waals surface area contributed by atoms with Crippen molar-refractivity contribution in [2.24, 2.45) is 0 Å². The van der Waals surface area contributed by atoms with E-state index in [0.717, 1.165) is 44.5 Å². The first-order valence-electron chi connectivity index (χ1n) is 7.81. The first-order valence-corrected chi connectivity index (χ1v) is 7.81. The summed E-state index contributed by atoms with van der Waals surface area (Å²) in [6.07, 6.45) is 2.63. The first-order chi connectivity index (χ1) is 10.1. The number of likely N-dealkylation sites (tertiary alicyclic amines) is 1. The lowest BCUT2D eigenvalue weighted by Gasteiger charge is -2.38. The summed E-state index contributed by atoms with van der Waals surface area (Å²) in [6.45, 7) is 7.28. The summed E-state index contributed by atoms with van der Waals surface area (Å²) in [5, 5.41) is 10.8. The van der Waals surface area contributed by atoms with E-state index in [4.69, 9.17) is 4.74 Å². The van der Waals surface area contributed by atoms with E-state index >= 15 is 0 Å². The molecule has 0 spiro atoms. The SMILES string of the molecule is CCCN1CCC(O)(c2ccc(C(=O)OCC)cc2)CC1. The summed E-state index contributed by atoms with van der Waals surface area (Å²) < 4.78 is 4.97. The summed E-state index contributed by atoms with van der Waals surface area (Å²) in [4.78, 5) is 14.0. The van der Waals surface area contributed by atoms with Crippen molar-refractivity contribution in [2.75, 3.05) is 26.2 Å². The molecule has 0 bridgehead atoms. The molecule has 4 nitrogen and oxygen atoms in total. The summed E-state index contributed by atoms with van der Waals surface area (Å²) in [5.41, 5.74) is 0.663. The number of rotatable bonds is 5. The van der Waals surface area contributed by atoms with Gasteiger partial charge in [0.2, 0.25) is 0 Å². The van der Waals surface area contributed by atoms with Gasteiger partial charge in [-0.25, -0.2) is 4.79 Å². The number of carbonyl (C=O) groups is 1. The Morgan fingerprint density at radius 3 is 2.38 bits per heavy atom. The van der Waals surface area contributed by atoms with Crippen LogP contribution in [-0.4, -0.2) is 42.2 Å². The molecule has 1 aromatic carbocycles. The molecule has 0 saturated carbocycles. The number of piperidine rings is 1. The Kier molecular flexibility index (Phi) is 5.37. The van der Waals surface area contributed by atoms with Crippen LogP contribution in [0.1, 0.15) is 49.0 Å². The van der Waals surface area contributed by atoms with Crippen molar-refractivity contribution in [1.29, 1.82) is 0 Å². The number of nitrogens with zero attached hydrogens (tertiary/aromatic N) is 1. The highest BCUT2D eigenvalue weighted by molar-refractivity contribution is 5.89. The highest BCUT2D eigenvalue weighted by Crippen LogP contribution is 2.32. The molecule has 1 fully saturated rings. The van der Waals surface area contributed by atoms with Crippen LogP contribution in [0.2, 0.25) is 0 Å². The van der Waals surface area contributed by atoms with Gasteiger partial charge in [-0.1, -0.05) is 19.1 Å². The number of ether oxygens (including phenoxy) is 1. The van der Waals surface area contributed by atoms with Crippen molar-refractivity contribution in [1.82, 2.24) is 4.90 Å². The van der Waals surface area contributed by atoms with Gasteiger partial charge in [-0.15, -0.1) is 0 Å². The highest BCUT2D eigenvalue weighted by Gasteiger charge is 2.33. The van der Waals surface area contributed by atoms with Crippen molar-refractivity contribution in [3.63, 3.8) is 0 Å². The lowest BCUT2D eigenvalue weighted by molar-refractivity contribution is -0.0258. The Bertz CT molecular complexity index is 461. The molecule has 1 heterocycles. The fourth-order valence-corrected chi connectivity index (χ4v) is 2.88. The number of hydrogen-bond donors (Lipinski definition) is 1. The van der Waals surface area contributed by atoms with E-state index in [1.807, 2.05) is 12.1 Å². The molecule has 1 aliphatic rings. The Hall–Kier alpha value is -1.39. The van der Waals surface area contributed by atoms with Gasteiger partial charge < -0.3 is 14.7 Å². The number of benzene rings is 1. The van der Waals surface area contributed by atoms with Gasteiger partial charge in [0.05, 0.1) is 17.8 Å². The highest BCUT2D eigenvalue weighted by atomic mass is 16.5. The molecular weight excluding hydrogens is 266 g/mol. The fourth-order valence-electron chi connectivity index (χ4n) is 2.88. The molecule has 1 aromatic rings. The largest absolute Gasteiger partial charge is 0.462 e. The minimum absolute atomic E-state index is 0.311. The smallest absolute Gasteiger partial charge is 0.338 e. The van der Waals surface area contributed by atoms with Gasteiger partial charge in [0.25, 0.3) is 0 Å². The second kappa shape index (κ2) is 7.05. The predicted molar refractivity (Wildman–Crippen MR) is 82.3 cm³/mol. The van der Waals surface area contributed by atoms with Crippen molar-refractivity contribution in [2.45, 2.75) is 38.7 Å². The standard InChI is InChI=1S/C17H25NO3/c1-3-11-18-12-9-17(20,10-13-18)15-7-5-14(6-8-15)16(19)21-4-2/h5-8,20H,3-4,9-13H2,1-2H3. The molecule has 0 amide bonds. The molecule has 0 aliphatic carbocycles. The quantitative estimate of drug-likeness (QED) is 0.847.